The Morgan fingerprint density at radius 1 is 1.06 bits per heavy atom. The van der Waals surface area contributed by atoms with E-state index < -0.39 is 54.3 Å². The number of hydrogen-bond acceptors (Lipinski definition) is 8. The van der Waals surface area contributed by atoms with E-state index in [0.29, 0.717) is 11.4 Å². The molecule has 1 aromatic heterocycles. The molecule has 1 rings (SSSR count). The molecule has 0 aliphatic heterocycles. The van der Waals surface area contributed by atoms with Gasteiger partial charge in [0.05, 0.1) is 12.4 Å². The van der Waals surface area contributed by atoms with Crippen LogP contribution in [0.2, 0.25) is 0 Å². The van der Waals surface area contributed by atoms with Gasteiger partial charge in [0.1, 0.15) is 18.6 Å². The summed E-state index contributed by atoms with van der Waals surface area (Å²) in [5.41, 5.74) is 6.24. The van der Waals surface area contributed by atoms with Crippen molar-refractivity contribution >= 4 is 41.4 Å². The van der Waals surface area contributed by atoms with Crippen LogP contribution in [0.3, 0.4) is 0 Å². The van der Waals surface area contributed by atoms with Crippen molar-refractivity contribution in [2.24, 2.45) is 5.73 Å². The van der Waals surface area contributed by atoms with Gasteiger partial charge in [-0.25, -0.2) is 4.98 Å². The maximum atomic E-state index is 12.9. The highest BCUT2D eigenvalue weighted by Crippen LogP contribution is 2.05. The van der Waals surface area contributed by atoms with Crippen molar-refractivity contribution < 1.29 is 34.2 Å². The minimum absolute atomic E-state index is 0.0124. The van der Waals surface area contributed by atoms with Crippen molar-refractivity contribution in [3.05, 3.63) is 18.2 Å². The molecule has 178 valence electrons. The second-order valence-electron chi connectivity index (χ2n) is 6.84. The average molecular weight is 473 g/mol. The van der Waals surface area contributed by atoms with E-state index in [-0.39, 0.29) is 25.7 Å². The van der Waals surface area contributed by atoms with Crippen molar-refractivity contribution in [2.75, 3.05) is 18.6 Å². The van der Waals surface area contributed by atoms with Crippen molar-refractivity contribution in [3.8, 4) is 0 Å². The molecule has 0 aliphatic carbocycles. The van der Waals surface area contributed by atoms with Gasteiger partial charge in [0.15, 0.2) is 0 Å². The fourth-order valence-electron chi connectivity index (χ4n) is 2.58. The van der Waals surface area contributed by atoms with E-state index in [9.17, 15) is 24.0 Å². The minimum atomic E-state index is -1.24. The van der Waals surface area contributed by atoms with Gasteiger partial charge in [0, 0.05) is 24.7 Å². The van der Waals surface area contributed by atoms with Gasteiger partial charge in [-0.15, -0.1) is 0 Å². The SMILES string of the molecule is CSCCC(NC(=O)C(N)CCC(=O)O)C(=O)NC(Cc1cnc[nH]1)C(=O)NCC(=O)O. The van der Waals surface area contributed by atoms with Gasteiger partial charge in [-0.3, -0.25) is 24.0 Å². The topological polar surface area (TPSA) is 217 Å². The van der Waals surface area contributed by atoms with Crippen molar-refractivity contribution in [3.63, 3.8) is 0 Å². The Hall–Kier alpha value is -3.13. The lowest BCUT2D eigenvalue weighted by atomic mass is 10.1. The molecule has 0 aromatic carbocycles. The van der Waals surface area contributed by atoms with E-state index in [1.165, 1.54) is 24.3 Å². The zero-order chi connectivity index (χ0) is 24.1. The fourth-order valence-corrected chi connectivity index (χ4v) is 3.05. The van der Waals surface area contributed by atoms with Crippen molar-refractivity contribution in [1.29, 1.82) is 0 Å². The number of H-pyrrole nitrogens is 1. The lowest BCUT2D eigenvalue weighted by Crippen LogP contribution is -2.56. The van der Waals surface area contributed by atoms with Crippen LogP contribution in [0.25, 0.3) is 0 Å². The number of nitrogens with two attached hydrogens (primary N) is 1. The quantitative estimate of drug-likeness (QED) is 0.150. The molecule has 3 amide bonds. The molecule has 3 atom stereocenters. The first kappa shape index (κ1) is 26.9. The summed E-state index contributed by atoms with van der Waals surface area (Å²) >= 11 is 1.44. The highest BCUT2D eigenvalue weighted by atomic mass is 32.2. The number of aromatic nitrogens is 2. The van der Waals surface area contributed by atoms with E-state index in [2.05, 4.69) is 25.9 Å². The molecule has 0 radical (unpaired) electrons. The molecule has 13 nitrogen and oxygen atoms in total. The minimum Gasteiger partial charge on any atom is -0.481 e. The van der Waals surface area contributed by atoms with E-state index >= 15 is 0 Å². The maximum absolute atomic E-state index is 12.9. The number of carbonyl (C=O) groups excluding carboxylic acids is 3. The number of carboxylic acids is 2. The Morgan fingerprint density at radius 3 is 2.31 bits per heavy atom. The molecule has 1 aromatic rings. The maximum Gasteiger partial charge on any atom is 0.322 e. The first-order valence-electron chi connectivity index (χ1n) is 9.67. The smallest absolute Gasteiger partial charge is 0.322 e. The van der Waals surface area contributed by atoms with Crippen LogP contribution in [0, 0.1) is 0 Å². The molecule has 3 unspecified atom stereocenters. The predicted octanol–water partition coefficient (Wildman–Crippen LogP) is -1.93. The highest BCUT2D eigenvalue weighted by Gasteiger charge is 2.28. The van der Waals surface area contributed by atoms with Crippen molar-refractivity contribution in [2.45, 2.75) is 43.8 Å². The molecule has 0 bridgehead atoms. The third-order valence-electron chi connectivity index (χ3n) is 4.28. The first-order chi connectivity index (χ1) is 15.1. The fraction of sp³-hybridized carbons (Fsp3) is 0.556. The number of carboxylic acid groups (broad SMARTS) is 2. The molecule has 0 saturated carbocycles. The van der Waals surface area contributed by atoms with Gasteiger partial charge < -0.3 is 36.9 Å². The van der Waals surface area contributed by atoms with Gasteiger partial charge in [0.25, 0.3) is 0 Å². The Labute approximate surface area is 188 Å². The number of aliphatic carboxylic acids is 2. The van der Waals surface area contributed by atoms with E-state index in [1.807, 2.05) is 6.26 Å². The summed E-state index contributed by atoms with van der Waals surface area (Å²) in [6.07, 6.45) is 4.51. The van der Waals surface area contributed by atoms with Crippen LogP contribution in [0.1, 0.15) is 25.0 Å². The number of rotatable bonds is 15. The second kappa shape index (κ2) is 14.0. The van der Waals surface area contributed by atoms with Crippen molar-refractivity contribution in [1.82, 2.24) is 25.9 Å². The van der Waals surface area contributed by atoms with Gasteiger partial charge in [-0.05, 0) is 24.9 Å². The summed E-state index contributed by atoms with van der Waals surface area (Å²) in [4.78, 5) is 65.7. The summed E-state index contributed by atoms with van der Waals surface area (Å²) in [5, 5.41) is 24.8. The van der Waals surface area contributed by atoms with Crippen LogP contribution in [0.4, 0.5) is 0 Å². The molecule has 0 aliphatic rings. The zero-order valence-electron chi connectivity index (χ0n) is 17.5. The van der Waals surface area contributed by atoms with E-state index in [4.69, 9.17) is 15.9 Å². The number of nitrogens with one attached hydrogen (secondary N) is 4. The van der Waals surface area contributed by atoms with Gasteiger partial charge in [-0.2, -0.15) is 11.8 Å². The van der Waals surface area contributed by atoms with Gasteiger partial charge in [-0.1, -0.05) is 0 Å². The molecule has 32 heavy (non-hydrogen) atoms. The number of carbonyl (C=O) groups is 5. The Balaban J connectivity index is 2.88. The molecule has 1 heterocycles. The third-order valence-corrected chi connectivity index (χ3v) is 4.92. The number of amides is 3. The number of hydrogen-bond donors (Lipinski definition) is 7. The van der Waals surface area contributed by atoms with Crippen LogP contribution in [-0.4, -0.2) is 86.5 Å². The van der Waals surface area contributed by atoms with Gasteiger partial charge >= 0.3 is 11.9 Å². The van der Waals surface area contributed by atoms with E-state index in [0.717, 1.165) is 0 Å². The highest BCUT2D eigenvalue weighted by molar-refractivity contribution is 7.98. The molecular weight excluding hydrogens is 444 g/mol. The average Bonchev–Trinajstić information content (AvgIpc) is 3.25. The second-order valence-corrected chi connectivity index (χ2v) is 7.82. The number of aromatic amines is 1. The summed E-state index contributed by atoms with van der Waals surface area (Å²) in [6.45, 7) is -0.626. The molecular formula is C18H28N6O7S. The summed E-state index contributed by atoms with van der Waals surface area (Å²) in [5.74, 6) is -3.90. The largest absolute Gasteiger partial charge is 0.481 e. The third kappa shape index (κ3) is 10.3. The summed E-state index contributed by atoms with van der Waals surface area (Å²) < 4.78 is 0. The summed E-state index contributed by atoms with van der Waals surface area (Å²) in [7, 11) is 0. The standard InChI is InChI=1S/C18H28N6O7S/c1-32-5-4-12(23-16(29)11(19)2-3-14(25)26)18(31)24-13(6-10-7-20-9-22-10)17(30)21-8-15(27)28/h7,9,11-13H,2-6,8,19H2,1H3,(H,20,22)(H,21,30)(H,23,29)(H,24,31)(H,25,26)(H,27,28). The van der Waals surface area contributed by atoms with Crippen LogP contribution in [0.15, 0.2) is 12.5 Å². The number of thioether (sulfide) groups is 1. The molecule has 0 fully saturated rings. The van der Waals surface area contributed by atoms with Crippen LogP contribution < -0.4 is 21.7 Å². The van der Waals surface area contributed by atoms with Crippen LogP contribution in [0.5, 0.6) is 0 Å². The Morgan fingerprint density at radius 2 is 1.75 bits per heavy atom. The Bertz CT molecular complexity index is 789. The Kier molecular flexibility index (Phi) is 11.8. The number of nitrogens with zero attached hydrogens (tertiary/aromatic N) is 1. The lowest BCUT2D eigenvalue weighted by Gasteiger charge is -2.23. The van der Waals surface area contributed by atoms with E-state index in [1.54, 1.807) is 0 Å². The van der Waals surface area contributed by atoms with Crippen LogP contribution >= 0.6 is 11.8 Å². The predicted molar refractivity (Wildman–Crippen MR) is 115 cm³/mol. The first-order valence-corrected chi connectivity index (χ1v) is 11.1. The summed E-state index contributed by atoms with van der Waals surface area (Å²) in [6, 6.07) is -3.27. The monoisotopic (exact) mass is 472 g/mol. The molecule has 8 N–H and O–H groups in total. The normalized spacial score (nSPS) is 13.4. The molecule has 0 saturated heterocycles. The lowest BCUT2D eigenvalue weighted by molar-refractivity contribution is -0.139. The van der Waals surface area contributed by atoms with Gasteiger partial charge in [0.2, 0.25) is 17.7 Å². The molecule has 0 spiro atoms. The van der Waals surface area contributed by atoms with Crippen LogP contribution in [-0.2, 0) is 30.4 Å². The zero-order valence-corrected chi connectivity index (χ0v) is 18.3. The number of imidazole rings is 1. The molecule has 14 heteroatoms.